The van der Waals surface area contributed by atoms with Gasteiger partial charge in [0.2, 0.25) is 0 Å². The Kier molecular flexibility index (Phi) is 7.98. The molecule has 2 rings (SSSR count). The fourth-order valence-electron chi connectivity index (χ4n) is 1.90. The van der Waals surface area contributed by atoms with E-state index in [2.05, 4.69) is 15.4 Å². The van der Waals surface area contributed by atoms with Crippen LogP contribution in [0.25, 0.3) is 0 Å². The van der Waals surface area contributed by atoms with Crippen LogP contribution in [0.4, 0.5) is 0 Å². The van der Waals surface area contributed by atoms with Crippen LogP contribution in [0.2, 0.25) is 10.0 Å². The number of hydrogen-bond acceptors (Lipinski definition) is 2. The number of guanidine groups is 1. The molecule has 0 saturated carbocycles. The van der Waals surface area contributed by atoms with Crippen LogP contribution in [0, 0.1) is 0 Å². The van der Waals surface area contributed by atoms with Crippen LogP contribution in [0.15, 0.2) is 41.7 Å². The van der Waals surface area contributed by atoms with Gasteiger partial charge in [-0.1, -0.05) is 29.3 Å². The molecule has 0 amide bonds. The van der Waals surface area contributed by atoms with E-state index in [4.69, 9.17) is 28.9 Å². The van der Waals surface area contributed by atoms with E-state index in [-0.39, 0.29) is 30.0 Å². The van der Waals surface area contributed by atoms with Crippen molar-refractivity contribution in [3.05, 3.63) is 52.3 Å². The Morgan fingerprint density at radius 1 is 1.45 bits per heavy atom. The van der Waals surface area contributed by atoms with Gasteiger partial charge in [0, 0.05) is 22.4 Å². The highest BCUT2D eigenvalue weighted by Crippen LogP contribution is 2.25. The van der Waals surface area contributed by atoms with Crippen LogP contribution >= 0.6 is 47.2 Å². The molecular weight excluding hydrogens is 436 g/mol. The molecule has 2 aromatic rings. The van der Waals surface area contributed by atoms with Gasteiger partial charge in [-0.15, -0.1) is 24.0 Å². The lowest BCUT2D eigenvalue weighted by molar-refractivity contribution is 0.621. The van der Waals surface area contributed by atoms with Crippen molar-refractivity contribution in [2.24, 2.45) is 10.7 Å². The van der Waals surface area contributed by atoms with E-state index < -0.39 is 0 Å². The Bertz CT molecular complexity index is 616. The molecule has 0 aliphatic heterocycles. The van der Waals surface area contributed by atoms with Gasteiger partial charge in [-0.2, -0.15) is 5.10 Å². The van der Waals surface area contributed by atoms with Crippen LogP contribution in [0.5, 0.6) is 0 Å². The Balaban J connectivity index is 0.00000242. The molecule has 1 atom stereocenters. The quantitative estimate of drug-likeness (QED) is 0.413. The molecule has 3 N–H and O–H groups in total. The summed E-state index contributed by atoms with van der Waals surface area (Å²) in [5.74, 6) is 0.376. The summed E-state index contributed by atoms with van der Waals surface area (Å²) in [4.78, 5) is 4.27. The molecule has 8 heteroatoms. The van der Waals surface area contributed by atoms with E-state index in [1.165, 1.54) is 0 Å². The van der Waals surface area contributed by atoms with Gasteiger partial charge in [0.15, 0.2) is 5.96 Å². The number of benzene rings is 1. The highest BCUT2D eigenvalue weighted by Gasteiger charge is 2.10. The predicted octanol–water partition coefficient (Wildman–Crippen LogP) is 3.47. The number of nitrogens with zero attached hydrogens (tertiary/aromatic N) is 3. The zero-order chi connectivity index (χ0) is 15.2. The second-order valence-corrected chi connectivity index (χ2v) is 5.41. The topological polar surface area (TPSA) is 68.2 Å². The molecule has 0 aliphatic carbocycles. The van der Waals surface area contributed by atoms with E-state index >= 15 is 0 Å². The number of aromatic nitrogens is 2. The van der Waals surface area contributed by atoms with Gasteiger partial charge in [-0.3, -0.25) is 9.67 Å². The second-order valence-electron chi connectivity index (χ2n) is 4.57. The number of aliphatic imine (C=N–C) groups is 1. The van der Waals surface area contributed by atoms with Gasteiger partial charge in [0.1, 0.15) is 0 Å². The first kappa shape index (κ1) is 19.1. The van der Waals surface area contributed by atoms with Gasteiger partial charge in [0.25, 0.3) is 0 Å². The molecule has 0 radical (unpaired) electrons. The molecule has 0 aliphatic rings. The van der Waals surface area contributed by atoms with Crippen molar-refractivity contribution in [1.82, 2.24) is 15.1 Å². The number of halogens is 3. The number of hydrogen-bond donors (Lipinski definition) is 2. The first-order valence-electron chi connectivity index (χ1n) is 6.55. The standard InChI is InChI=1S/C14H17Cl2N5.HI/c1-10(12-4-3-11(15)9-13(12)16)20-14(17)18-6-8-21-7-2-5-19-21;/h2-5,7,9-10H,6,8H2,1H3,(H3,17,18,20);1H. The zero-order valence-electron chi connectivity index (χ0n) is 12.0. The first-order chi connectivity index (χ1) is 10.1. The minimum Gasteiger partial charge on any atom is -0.370 e. The predicted molar refractivity (Wildman–Crippen MR) is 102 cm³/mol. The Morgan fingerprint density at radius 3 is 2.86 bits per heavy atom. The van der Waals surface area contributed by atoms with E-state index in [0.29, 0.717) is 29.1 Å². The summed E-state index contributed by atoms with van der Waals surface area (Å²) < 4.78 is 1.80. The van der Waals surface area contributed by atoms with E-state index in [1.54, 1.807) is 23.0 Å². The van der Waals surface area contributed by atoms with Crippen molar-refractivity contribution in [2.75, 3.05) is 6.54 Å². The maximum atomic E-state index is 6.16. The molecule has 1 aromatic carbocycles. The van der Waals surface area contributed by atoms with Crippen molar-refractivity contribution in [3.8, 4) is 0 Å². The van der Waals surface area contributed by atoms with Crippen molar-refractivity contribution in [2.45, 2.75) is 19.5 Å². The van der Waals surface area contributed by atoms with Gasteiger partial charge >= 0.3 is 0 Å². The summed E-state index contributed by atoms with van der Waals surface area (Å²) in [6.45, 7) is 3.21. The summed E-state index contributed by atoms with van der Waals surface area (Å²) >= 11 is 12.0. The molecule has 1 unspecified atom stereocenters. The van der Waals surface area contributed by atoms with Crippen LogP contribution in [0.3, 0.4) is 0 Å². The zero-order valence-corrected chi connectivity index (χ0v) is 15.9. The van der Waals surface area contributed by atoms with Gasteiger partial charge in [-0.05, 0) is 30.7 Å². The summed E-state index contributed by atoms with van der Waals surface area (Å²) in [5.41, 5.74) is 6.79. The van der Waals surface area contributed by atoms with E-state index in [9.17, 15) is 0 Å². The third kappa shape index (κ3) is 5.66. The lowest BCUT2D eigenvalue weighted by Gasteiger charge is -2.16. The van der Waals surface area contributed by atoms with E-state index in [1.807, 2.05) is 25.3 Å². The molecule has 120 valence electrons. The molecule has 22 heavy (non-hydrogen) atoms. The third-order valence-electron chi connectivity index (χ3n) is 2.96. The number of rotatable bonds is 5. The third-order valence-corrected chi connectivity index (χ3v) is 3.53. The van der Waals surface area contributed by atoms with Crippen LogP contribution in [-0.4, -0.2) is 22.3 Å². The molecule has 0 spiro atoms. The molecular formula is C14H18Cl2IN5. The molecule has 0 fully saturated rings. The van der Waals surface area contributed by atoms with Gasteiger partial charge < -0.3 is 11.1 Å². The average molecular weight is 454 g/mol. The van der Waals surface area contributed by atoms with Crippen molar-refractivity contribution in [3.63, 3.8) is 0 Å². The Labute approximate surface area is 156 Å². The maximum Gasteiger partial charge on any atom is 0.189 e. The monoisotopic (exact) mass is 453 g/mol. The summed E-state index contributed by atoms with van der Waals surface area (Å²) in [7, 11) is 0. The fraction of sp³-hybridized carbons (Fsp3) is 0.286. The van der Waals surface area contributed by atoms with Crippen molar-refractivity contribution >= 4 is 53.1 Å². The lowest BCUT2D eigenvalue weighted by Crippen LogP contribution is -2.34. The summed E-state index contributed by atoms with van der Waals surface area (Å²) in [6.07, 6.45) is 3.62. The van der Waals surface area contributed by atoms with Crippen molar-refractivity contribution in [1.29, 1.82) is 0 Å². The van der Waals surface area contributed by atoms with Gasteiger partial charge in [0.05, 0.1) is 19.1 Å². The molecule has 1 aromatic heterocycles. The maximum absolute atomic E-state index is 6.16. The Hall–Kier alpha value is -0.990. The van der Waals surface area contributed by atoms with E-state index in [0.717, 1.165) is 5.56 Å². The molecule has 5 nitrogen and oxygen atoms in total. The fourth-order valence-corrected chi connectivity index (χ4v) is 2.48. The van der Waals surface area contributed by atoms with Gasteiger partial charge in [-0.25, -0.2) is 0 Å². The number of nitrogens with two attached hydrogens (primary N) is 1. The average Bonchev–Trinajstić information content (AvgIpc) is 2.91. The molecule has 0 bridgehead atoms. The molecule has 1 heterocycles. The first-order valence-corrected chi connectivity index (χ1v) is 7.30. The number of nitrogens with one attached hydrogen (secondary N) is 1. The minimum absolute atomic E-state index is 0. The highest BCUT2D eigenvalue weighted by molar-refractivity contribution is 14.0. The Morgan fingerprint density at radius 2 is 2.23 bits per heavy atom. The minimum atomic E-state index is -0.0526. The molecule has 0 saturated heterocycles. The summed E-state index contributed by atoms with van der Waals surface area (Å²) in [6, 6.07) is 7.20. The smallest absolute Gasteiger partial charge is 0.189 e. The van der Waals surface area contributed by atoms with Crippen LogP contribution in [-0.2, 0) is 6.54 Å². The van der Waals surface area contributed by atoms with Crippen molar-refractivity contribution < 1.29 is 0 Å². The second kappa shape index (κ2) is 9.22. The van der Waals surface area contributed by atoms with Crippen LogP contribution < -0.4 is 11.1 Å². The largest absolute Gasteiger partial charge is 0.370 e. The highest BCUT2D eigenvalue weighted by atomic mass is 127. The summed E-state index contributed by atoms with van der Waals surface area (Å²) in [5, 5.41) is 8.42. The normalized spacial score (nSPS) is 12.6. The van der Waals surface area contributed by atoms with Crippen LogP contribution in [0.1, 0.15) is 18.5 Å². The SMILES string of the molecule is CC(NC(N)=NCCn1cccn1)c1ccc(Cl)cc1Cl.I. The lowest BCUT2D eigenvalue weighted by atomic mass is 10.1.